The maximum atomic E-state index is 6.61. The summed E-state index contributed by atoms with van der Waals surface area (Å²) in [5.74, 6) is 1.94. The topological polar surface area (TPSA) is 18.5 Å². The van der Waals surface area contributed by atoms with Gasteiger partial charge in [-0.15, -0.1) is 33.7 Å². The monoisotopic (exact) mass is 599 g/mol. The molecule has 0 amide bonds. The molecule has 4 aromatic rings. The van der Waals surface area contributed by atoms with Gasteiger partial charge >= 0.3 is 34.9 Å². The smallest absolute Gasteiger partial charge is 1.00 e. The third kappa shape index (κ3) is 6.05. The summed E-state index contributed by atoms with van der Waals surface area (Å²) in [6, 6.07) is 26.2. The molecule has 0 aromatic heterocycles. The van der Waals surface area contributed by atoms with Crippen molar-refractivity contribution in [1.29, 1.82) is 0 Å². The SMILES string of the molecule is CCOC1=C(O[Si](C)(C)C)c2ccccc2C1c1cccc2c1[cH-]c1ccccc12.C[CH]=[Zr+2].[Cl-].[Cl-]. The molecule has 6 heteroatoms. The summed E-state index contributed by atoms with van der Waals surface area (Å²) in [7, 11) is -1.81. The van der Waals surface area contributed by atoms with E-state index in [9.17, 15) is 0 Å². The zero-order valence-corrected chi connectivity index (χ0v) is 25.8. The predicted octanol–water partition coefficient (Wildman–Crippen LogP) is 1.78. The first kappa shape index (κ1) is 29.6. The zero-order chi connectivity index (χ0) is 23.6. The molecule has 1 aliphatic rings. The number of halogens is 2. The first-order valence-electron chi connectivity index (χ1n) is 11.6. The van der Waals surface area contributed by atoms with Crippen molar-refractivity contribution in [2.24, 2.45) is 0 Å². The number of allylic oxidation sites excluding steroid dienone is 1. The number of hydrogen-bond donors (Lipinski definition) is 0. The molecule has 1 atom stereocenters. The van der Waals surface area contributed by atoms with E-state index in [4.69, 9.17) is 9.16 Å². The first-order valence-corrected chi connectivity index (χ1v) is 16.4. The Morgan fingerprint density at radius 3 is 2.17 bits per heavy atom. The Hall–Kier alpha value is -1.58. The van der Waals surface area contributed by atoms with Gasteiger partial charge in [-0.25, -0.2) is 0 Å². The van der Waals surface area contributed by atoms with Crippen molar-refractivity contribution >= 4 is 39.3 Å². The van der Waals surface area contributed by atoms with Gasteiger partial charge in [0.25, 0.3) is 0 Å². The number of ether oxygens (including phenoxy) is 1. The van der Waals surface area contributed by atoms with E-state index in [2.05, 4.69) is 103 Å². The van der Waals surface area contributed by atoms with E-state index in [0.717, 1.165) is 11.5 Å². The van der Waals surface area contributed by atoms with E-state index in [-0.39, 0.29) is 30.7 Å². The Balaban J connectivity index is 0.000000823. The zero-order valence-electron chi connectivity index (χ0n) is 20.9. The second-order valence-electron chi connectivity index (χ2n) is 9.19. The molecule has 0 fully saturated rings. The minimum absolute atomic E-state index is 0. The molecule has 4 aromatic carbocycles. The quantitative estimate of drug-likeness (QED) is 0.257. The normalized spacial score (nSPS) is 14.4. The summed E-state index contributed by atoms with van der Waals surface area (Å²) >= 11 is 1.51. The van der Waals surface area contributed by atoms with Crippen molar-refractivity contribution in [1.82, 2.24) is 0 Å². The van der Waals surface area contributed by atoms with Gasteiger partial charge < -0.3 is 34.0 Å². The minimum atomic E-state index is -1.81. The second-order valence-corrected chi connectivity index (χ2v) is 15.0. The first-order chi connectivity index (χ1) is 15.9. The second kappa shape index (κ2) is 12.6. The van der Waals surface area contributed by atoms with Crippen molar-refractivity contribution in [3.63, 3.8) is 0 Å². The van der Waals surface area contributed by atoms with Crippen LogP contribution >= 0.6 is 0 Å². The van der Waals surface area contributed by atoms with Crippen LogP contribution in [0.5, 0.6) is 0 Å². The Morgan fingerprint density at radius 2 is 1.49 bits per heavy atom. The Bertz CT molecular complexity index is 1340. The molecule has 0 bridgehead atoms. The van der Waals surface area contributed by atoms with Crippen LogP contribution in [0.2, 0.25) is 19.6 Å². The van der Waals surface area contributed by atoms with E-state index in [1.165, 1.54) is 62.5 Å². The number of fused-ring (bicyclic) bond motifs is 4. The molecule has 35 heavy (non-hydrogen) atoms. The van der Waals surface area contributed by atoms with Crippen LogP contribution in [0.3, 0.4) is 0 Å². The molecule has 0 aliphatic heterocycles. The summed E-state index contributed by atoms with van der Waals surface area (Å²) < 4.78 is 15.0. The van der Waals surface area contributed by atoms with E-state index in [1.807, 2.05) is 6.92 Å². The molecule has 0 saturated heterocycles. The Kier molecular flexibility index (Phi) is 10.7. The average molecular weight is 602 g/mol. The van der Waals surface area contributed by atoms with Gasteiger partial charge in [-0.2, -0.15) is 0 Å². The third-order valence-electron chi connectivity index (χ3n) is 5.71. The van der Waals surface area contributed by atoms with Gasteiger partial charge in [-0.3, -0.25) is 0 Å². The molecule has 1 unspecified atom stereocenters. The van der Waals surface area contributed by atoms with Crippen molar-refractivity contribution in [2.45, 2.75) is 39.4 Å². The maximum Gasteiger partial charge on any atom is -1.00 e. The van der Waals surface area contributed by atoms with E-state index < -0.39 is 8.32 Å². The largest absolute Gasteiger partial charge is 1.00 e. The van der Waals surface area contributed by atoms with Gasteiger partial charge in [0.15, 0.2) is 0 Å². The van der Waals surface area contributed by atoms with Gasteiger partial charge in [-0.05, 0) is 32.1 Å². The van der Waals surface area contributed by atoms with Crippen LogP contribution in [0.4, 0.5) is 0 Å². The Morgan fingerprint density at radius 1 is 0.886 bits per heavy atom. The van der Waals surface area contributed by atoms with E-state index >= 15 is 0 Å². The molecule has 0 N–H and O–H groups in total. The minimum Gasteiger partial charge on any atom is -1.00 e. The summed E-state index contributed by atoms with van der Waals surface area (Å²) in [4.78, 5) is 0. The Labute approximate surface area is 237 Å². The molecule has 5 rings (SSSR count). The standard InChI is InChI=1S/C27H27O2Si.C2H4.2ClH.Zr/c1-5-28-27-25(21-13-8-9-14-23(21)26(27)29-30(2,3)4)22-16-10-15-20-19-12-7-6-11-18(19)17-24(20)22;1-2;;;/h6-17,25H,5H2,1-4H3;1H,2H3;2*1H;/q-1;;;;+2/p-2. The summed E-state index contributed by atoms with van der Waals surface area (Å²) in [6.45, 7) is 11.4. The van der Waals surface area contributed by atoms with E-state index in [1.54, 1.807) is 0 Å². The van der Waals surface area contributed by atoms with Crippen LogP contribution < -0.4 is 24.8 Å². The molecule has 0 radical (unpaired) electrons. The fourth-order valence-electron chi connectivity index (χ4n) is 4.64. The molecular formula is C29H31Cl2O2SiZr-. The van der Waals surface area contributed by atoms with Crippen molar-refractivity contribution in [3.05, 3.63) is 95.2 Å². The van der Waals surface area contributed by atoms with Crippen molar-refractivity contribution in [3.8, 4) is 0 Å². The van der Waals surface area contributed by atoms with Gasteiger partial charge in [-0.1, -0.05) is 66.2 Å². The molecule has 182 valence electrons. The molecule has 2 nitrogen and oxygen atoms in total. The van der Waals surface area contributed by atoms with Crippen molar-refractivity contribution < 1.29 is 58.2 Å². The number of benzene rings is 3. The van der Waals surface area contributed by atoms with Crippen molar-refractivity contribution in [2.75, 3.05) is 6.61 Å². The molecule has 1 aliphatic carbocycles. The fraction of sp³-hybridized carbons (Fsp3) is 0.241. The van der Waals surface area contributed by atoms with Crippen LogP contribution in [-0.2, 0) is 33.4 Å². The fourth-order valence-corrected chi connectivity index (χ4v) is 5.46. The molecular weight excluding hydrogens is 571 g/mol. The summed E-state index contributed by atoms with van der Waals surface area (Å²) in [5.41, 5.74) is 3.72. The van der Waals surface area contributed by atoms with Gasteiger partial charge in [0.05, 0.1) is 6.61 Å². The van der Waals surface area contributed by atoms with Crippen LogP contribution in [0.15, 0.2) is 78.6 Å². The van der Waals surface area contributed by atoms with Gasteiger partial charge in [0, 0.05) is 11.5 Å². The van der Waals surface area contributed by atoms with E-state index in [0.29, 0.717) is 6.61 Å². The average Bonchev–Trinajstić information content (AvgIpc) is 3.30. The molecule has 0 heterocycles. The summed E-state index contributed by atoms with van der Waals surface area (Å²) in [6.07, 6.45) is 0. The van der Waals surface area contributed by atoms with Crippen LogP contribution in [0.1, 0.15) is 36.5 Å². The molecule has 0 saturated carbocycles. The van der Waals surface area contributed by atoms with Gasteiger partial charge in [0.2, 0.25) is 8.32 Å². The maximum absolute atomic E-state index is 6.61. The van der Waals surface area contributed by atoms with Gasteiger partial charge in [0.1, 0.15) is 11.5 Å². The van der Waals surface area contributed by atoms with Crippen LogP contribution in [0.25, 0.3) is 27.3 Å². The third-order valence-corrected chi connectivity index (χ3v) is 6.53. The van der Waals surface area contributed by atoms with Crippen LogP contribution in [0, 0.1) is 0 Å². The predicted molar refractivity (Wildman–Crippen MR) is 140 cm³/mol. The number of rotatable bonds is 5. The summed E-state index contributed by atoms with van der Waals surface area (Å²) in [5, 5.41) is 5.19. The molecule has 0 spiro atoms. The number of hydrogen-bond acceptors (Lipinski definition) is 2. The van der Waals surface area contributed by atoms with Crippen LogP contribution in [-0.4, -0.2) is 18.6 Å².